The van der Waals surface area contributed by atoms with Crippen molar-refractivity contribution in [2.24, 2.45) is 0 Å². The average molecular weight is 428 g/mol. The zero-order valence-electron chi connectivity index (χ0n) is 17.8. The SMILES string of the molecule is Cc1ccc(-c2cccc(C(=O)N3CC[C@@H](Oc4ccc5ncccc5c4)[C@H](O)C3)c2)o1. The molecule has 3 heterocycles. The van der Waals surface area contributed by atoms with E-state index in [0.717, 1.165) is 28.0 Å². The van der Waals surface area contributed by atoms with Crippen LogP contribution in [-0.4, -0.2) is 46.2 Å². The van der Waals surface area contributed by atoms with E-state index in [-0.39, 0.29) is 18.6 Å². The number of carbonyl (C=O) groups excluding carboxylic acids is 1. The molecule has 1 fully saturated rings. The molecule has 1 aliphatic heterocycles. The summed E-state index contributed by atoms with van der Waals surface area (Å²) in [6, 6.07) is 20.7. The van der Waals surface area contributed by atoms with Crippen LogP contribution in [0, 0.1) is 6.92 Å². The van der Waals surface area contributed by atoms with E-state index in [0.29, 0.717) is 24.3 Å². The van der Waals surface area contributed by atoms with Crippen molar-refractivity contribution in [1.29, 1.82) is 0 Å². The van der Waals surface area contributed by atoms with Crippen molar-refractivity contribution in [2.45, 2.75) is 25.6 Å². The van der Waals surface area contributed by atoms with Crippen LogP contribution in [0.5, 0.6) is 5.75 Å². The third-order valence-electron chi connectivity index (χ3n) is 5.80. The Kier molecular flexibility index (Phi) is 5.37. The Morgan fingerprint density at radius 1 is 1.12 bits per heavy atom. The second-order valence-electron chi connectivity index (χ2n) is 8.11. The molecular weight excluding hydrogens is 404 g/mol. The lowest BCUT2D eigenvalue weighted by atomic mass is 10.0. The van der Waals surface area contributed by atoms with Gasteiger partial charge in [-0.25, -0.2) is 0 Å². The maximum Gasteiger partial charge on any atom is 0.253 e. The number of pyridine rings is 1. The Labute approximate surface area is 186 Å². The number of benzene rings is 2. The van der Waals surface area contributed by atoms with Crippen molar-refractivity contribution in [1.82, 2.24) is 9.88 Å². The van der Waals surface area contributed by atoms with Crippen molar-refractivity contribution in [3.8, 4) is 17.1 Å². The van der Waals surface area contributed by atoms with Crippen LogP contribution < -0.4 is 4.74 Å². The Balaban J connectivity index is 1.26. The normalized spacial score (nSPS) is 18.6. The zero-order valence-corrected chi connectivity index (χ0v) is 17.8. The molecule has 0 radical (unpaired) electrons. The smallest absolute Gasteiger partial charge is 0.253 e. The van der Waals surface area contributed by atoms with Gasteiger partial charge in [-0.05, 0) is 55.5 Å². The molecule has 1 aliphatic rings. The summed E-state index contributed by atoms with van der Waals surface area (Å²) in [5, 5.41) is 11.7. The fraction of sp³-hybridized carbons (Fsp3) is 0.231. The number of aryl methyl sites for hydroxylation is 1. The first-order valence-corrected chi connectivity index (χ1v) is 10.7. The summed E-state index contributed by atoms with van der Waals surface area (Å²) in [6.45, 7) is 2.63. The van der Waals surface area contributed by atoms with Gasteiger partial charge in [0.05, 0.1) is 12.1 Å². The van der Waals surface area contributed by atoms with E-state index in [1.165, 1.54) is 0 Å². The molecule has 32 heavy (non-hydrogen) atoms. The van der Waals surface area contributed by atoms with Crippen molar-refractivity contribution >= 4 is 16.8 Å². The van der Waals surface area contributed by atoms with E-state index < -0.39 is 6.10 Å². The standard InChI is InChI=1S/C26H24N2O4/c1-17-7-10-24(31-17)19-4-2-5-20(14-19)26(30)28-13-11-25(23(29)16-28)32-21-8-9-22-18(15-21)6-3-12-27-22/h2-10,12,14-15,23,25,29H,11,13,16H2,1H3/t23-,25-/m1/s1. The number of aliphatic hydroxyl groups excluding tert-OH is 1. The molecule has 6 heteroatoms. The second-order valence-corrected chi connectivity index (χ2v) is 8.11. The van der Waals surface area contributed by atoms with Crippen molar-refractivity contribution < 1.29 is 19.1 Å². The van der Waals surface area contributed by atoms with Gasteiger partial charge >= 0.3 is 0 Å². The lowest BCUT2D eigenvalue weighted by molar-refractivity contribution is -0.0198. The topological polar surface area (TPSA) is 75.8 Å². The van der Waals surface area contributed by atoms with E-state index in [9.17, 15) is 9.90 Å². The van der Waals surface area contributed by atoms with Gasteiger partial charge < -0.3 is 19.2 Å². The van der Waals surface area contributed by atoms with Gasteiger partial charge in [-0.3, -0.25) is 9.78 Å². The maximum absolute atomic E-state index is 13.1. The summed E-state index contributed by atoms with van der Waals surface area (Å²) in [4.78, 5) is 19.1. The highest BCUT2D eigenvalue weighted by molar-refractivity contribution is 5.95. The number of hydrogen-bond acceptors (Lipinski definition) is 5. The summed E-state index contributed by atoms with van der Waals surface area (Å²) in [6.07, 6.45) is 1.17. The zero-order chi connectivity index (χ0) is 22.1. The molecule has 0 saturated carbocycles. The summed E-state index contributed by atoms with van der Waals surface area (Å²) in [7, 11) is 0. The fourth-order valence-electron chi connectivity index (χ4n) is 4.11. The number of rotatable bonds is 4. The largest absolute Gasteiger partial charge is 0.488 e. The predicted octanol–water partition coefficient (Wildman–Crippen LogP) is 4.46. The van der Waals surface area contributed by atoms with Crippen LogP contribution in [0.15, 0.2) is 77.3 Å². The van der Waals surface area contributed by atoms with Gasteiger partial charge in [-0.1, -0.05) is 18.2 Å². The molecule has 0 spiro atoms. The van der Waals surface area contributed by atoms with Gasteiger partial charge in [0.2, 0.25) is 0 Å². The molecule has 1 saturated heterocycles. The van der Waals surface area contributed by atoms with Gasteiger partial charge in [0, 0.05) is 35.7 Å². The van der Waals surface area contributed by atoms with E-state index >= 15 is 0 Å². The molecular formula is C26H24N2O4. The molecule has 0 unspecified atom stereocenters. The minimum atomic E-state index is -0.770. The minimum Gasteiger partial charge on any atom is -0.488 e. The predicted molar refractivity (Wildman–Crippen MR) is 122 cm³/mol. The third-order valence-corrected chi connectivity index (χ3v) is 5.80. The van der Waals surface area contributed by atoms with Gasteiger partial charge in [0.1, 0.15) is 29.5 Å². The minimum absolute atomic E-state index is 0.107. The van der Waals surface area contributed by atoms with E-state index in [1.807, 2.05) is 67.6 Å². The average Bonchev–Trinajstić information content (AvgIpc) is 3.26. The maximum atomic E-state index is 13.1. The molecule has 2 aromatic heterocycles. The molecule has 6 nitrogen and oxygen atoms in total. The van der Waals surface area contributed by atoms with Gasteiger partial charge in [0.15, 0.2) is 0 Å². The Morgan fingerprint density at radius 2 is 2.03 bits per heavy atom. The lowest BCUT2D eigenvalue weighted by Gasteiger charge is -2.36. The first kappa shape index (κ1) is 20.3. The van der Waals surface area contributed by atoms with Crippen LogP contribution in [0.4, 0.5) is 0 Å². The number of nitrogens with zero attached hydrogens (tertiary/aromatic N) is 2. The number of amides is 1. The van der Waals surface area contributed by atoms with Crippen molar-refractivity contribution in [3.63, 3.8) is 0 Å². The van der Waals surface area contributed by atoms with Crippen molar-refractivity contribution in [2.75, 3.05) is 13.1 Å². The molecule has 4 aromatic rings. The van der Waals surface area contributed by atoms with Crippen LogP contribution >= 0.6 is 0 Å². The number of ether oxygens (including phenoxy) is 1. The molecule has 2 atom stereocenters. The number of piperidine rings is 1. The number of hydrogen-bond donors (Lipinski definition) is 1. The highest BCUT2D eigenvalue weighted by atomic mass is 16.5. The third kappa shape index (κ3) is 4.09. The van der Waals surface area contributed by atoms with Crippen LogP contribution in [-0.2, 0) is 0 Å². The van der Waals surface area contributed by atoms with Gasteiger partial charge in [0.25, 0.3) is 5.91 Å². The van der Waals surface area contributed by atoms with Gasteiger partial charge in [-0.15, -0.1) is 0 Å². The van der Waals surface area contributed by atoms with Crippen LogP contribution in [0.1, 0.15) is 22.5 Å². The highest BCUT2D eigenvalue weighted by Crippen LogP contribution is 2.26. The number of fused-ring (bicyclic) bond motifs is 1. The Bertz CT molecular complexity index is 1270. The number of aliphatic hydroxyl groups is 1. The number of furan rings is 1. The Hall–Kier alpha value is -3.64. The first-order valence-electron chi connectivity index (χ1n) is 10.7. The summed E-state index contributed by atoms with van der Waals surface area (Å²) >= 11 is 0. The molecule has 0 bridgehead atoms. The fourth-order valence-corrected chi connectivity index (χ4v) is 4.11. The van der Waals surface area contributed by atoms with Crippen LogP contribution in [0.2, 0.25) is 0 Å². The number of carbonyl (C=O) groups is 1. The summed E-state index contributed by atoms with van der Waals surface area (Å²) in [5.74, 6) is 2.14. The van der Waals surface area contributed by atoms with Gasteiger partial charge in [-0.2, -0.15) is 0 Å². The molecule has 5 rings (SSSR count). The summed E-state index contributed by atoms with van der Waals surface area (Å²) < 4.78 is 11.7. The molecule has 1 N–H and O–H groups in total. The number of β-amino-alcohol motifs (C(OH)–C–C–N with tert-alkyl or cyclic N) is 1. The molecule has 2 aromatic carbocycles. The van der Waals surface area contributed by atoms with E-state index in [4.69, 9.17) is 9.15 Å². The van der Waals surface area contributed by atoms with Crippen LogP contribution in [0.3, 0.4) is 0 Å². The molecule has 1 amide bonds. The number of likely N-dealkylation sites (tertiary alicyclic amines) is 1. The summed E-state index contributed by atoms with van der Waals surface area (Å²) in [5.41, 5.74) is 2.33. The molecule has 0 aliphatic carbocycles. The number of aromatic nitrogens is 1. The van der Waals surface area contributed by atoms with E-state index in [2.05, 4.69) is 4.98 Å². The lowest BCUT2D eigenvalue weighted by Crippen LogP contribution is -2.51. The monoisotopic (exact) mass is 428 g/mol. The highest BCUT2D eigenvalue weighted by Gasteiger charge is 2.32. The van der Waals surface area contributed by atoms with Crippen LogP contribution in [0.25, 0.3) is 22.2 Å². The molecule has 162 valence electrons. The first-order chi connectivity index (χ1) is 15.6. The quantitative estimate of drug-likeness (QED) is 0.520. The second kappa shape index (κ2) is 8.48. The van der Waals surface area contributed by atoms with E-state index in [1.54, 1.807) is 17.2 Å². The Morgan fingerprint density at radius 3 is 2.84 bits per heavy atom. The van der Waals surface area contributed by atoms with Crippen molar-refractivity contribution in [3.05, 3.63) is 84.3 Å².